The first-order valence-corrected chi connectivity index (χ1v) is 13.0. The molecule has 9 heteroatoms. The number of ketones is 1. The number of likely N-dealkylation sites (tertiary alicyclic amines) is 1. The fraction of sp³-hybridized carbons (Fsp3) is 0.391. The Morgan fingerprint density at radius 3 is 2.28 bits per heavy atom. The third-order valence-corrected chi connectivity index (χ3v) is 8.73. The van der Waals surface area contributed by atoms with E-state index >= 15 is 0 Å². The van der Waals surface area contributed by atoms with E-state index in [4.69, 9.17) is 4.74 Å². The van der Waals surface area contributed by atoms with Crippen LogP contribution in [-0.2, 0) is 15.1 Å². The number of likely N-dealkylation sites (N-methyl/N-ethyl adjacent to an activating group) is 1. The number of ether oxygens (including phenoxy) is 1. The van der Waals surface area contributed by atoms with Gasteiger partial charge in [-0.25, -0.2) is 4.79 Å². The van der Waals surface area contributed by atoms with Crippen molar-refractivity contribution in [1.29, 1.82) is 0 Å². The lowest BCUT2D eigenvalue weighted by atomic mass is 10.00. The third kappa shape index (κ3) is 5.32. The number of carbonyl (C=O) groups excluding carboxylic acids is 2. The van der Waals surface area contributed by atoms with Crippen LogP contribution in [0.5, 0.6) is 0 Å². The summed E-state index contributed by atoms with van der Waals surface area (Å²) < 4.78 is 6.62. The van der Waals surface area contributed by atoms with Crippen molar-refractivity contribution in [3.05, 3.63) is 67.2 Å². The van der Waals surface area contributed by atoms with Crippen LogP contribution in [0.2, 0.25) is 0 Å². The zero-order valence-electron chi connectivity index (χ0n) is 17.7. The van der Waals surface area contributed by atoms with Crippen molar-refractivity contribution in [1.82, 2.24) is 0 Å². The maximum Gasteiger partial charge on any atom is 0.349 e. The maximum absolute atomic E-state index is 13.2. The third-order valence-electron chi connectivity index (χ3n) is 5.86. The molecular weight excluding hydrogens is 486 g/mol. The highest BCUT2D eigenvalue weighted by Gasteiger charge is 2.46. The molecule has 1 N–H and O–H groups in total. The second kappa shape index (κ2) is 10.6. The minimum Gasteiger partial charge on any atom is -1.00 e. The molecule has 32 heavy (non-hydrogen) atoms. The van der Waals surface area contributed by atoms with Gasteiger partial charge in [0.2, 0.25) is 5.60 Å². The van der Waals surface area contributed by atoms with E-state index < -0.39 is 11.6 Å². The minimum atomic E-state index is -1.76. The van der Waals surface area contributed by atoms with Gasteiger partial charge in [0.25, 0.3) is 0 Å². The van der Waals surface area contributed by atoms with Crippen molar-refractivity contribution in [3.63, 3.8) is 0 Å². The number of rotatable bonds is 9. The predicted molar refractivity (Wildman–Crippen MR) is 125 cm³/mol. The Labute approximate surface area is 206 Å². The molecule has 1 aliphatic heterocycles. The zero-order chi connectivity index (χ0) is 21.9. The summed E-state index contributed by atoms with van der Waals surface area (Å²) in [6.45, 7) is 2.46. The lowest BCUT2D eigenvalue weighted by Gasteiger charge is -2.30. The molecule has 1 unspecified atom stereocenters. The molecule has 3 aromatic heterocycles. The molecule has 4 rings (SSSR count). The van der Waals surface area contributed by atoms with Gasteiger partial charge in [-0.05, 0) is 34.3 Å². The van der Waals surface area contributed by atoms with Crippen LogP contribution >= 0.6 is 34.0 Å². The molecule has 0 saturated carbocycles. The topological polar surface area (TPSA) is 63.6 Å². The molecule has 1 saturated heterocycles. The molecule has 172 valence electrons. The number of halogens is 1. The Morgan fingerprint density at radius 1 is 1.09 bits per heavy atom. The monoisotopic (exact) mass is 511 g/mol. The van der Waals surface area contributed by atoms with Crippen LogP contribution in [0.1, 0.15) is 38.7 Å². The largest absolute Gasteiger partial charge is 1.00 e. The maximum atomic E-state index is 13.2. The summed E-state index contributed by atoms with van der Waals surface area (Å²) in [5, 5.41) is 17.0. The van der Waals surface area contributed by atoms with Crippen LogP contribution in [0.25, 0.3) is 0 Å². The van der Waals surface area contributed by atoms with E-state index in [2.05, 4.69) is 7.05 Å². The fourth-order valence-electron chi connectivity index (χ4n) is 4.14. The SMILES string of the molecule is C[N+]1(CCCC(=O)c2cccs2)CC[C@@H](OC(=O)C(O)(c2cccs2)c2cccs2)C1.[Cl-]. The number of quaternary nitrogens is 1. The molecule has 1 fully saturated rings. The Balaban J connectivity index is 0.00000289. The number of Topliss-reactive ketones (excluding diaryl/α,β-unsaturated/α-hetero) is 1. The average Bonchev–Trinajstić information content (AvgIpc) is 3.56. The molecule has 0 spiro atoms. The van der Waals surface area contributed by atoms with Crippen LogP contribution in [0.3, 0.4) is 0 Å². The van der Waals surface area contributed by atoms with E-state index in [1.165, 1.54) is 34.0 Å². The van der Waals surface area contributed by atoms with E-state index in [9.17, 15) is 14.7 Å². The Morgan fingerprint density at radius 2 is 1.72 bits per heavy atom. The molecule has 0 aliphatic carbocycles. The van der Waals surface area contributed by atoms with Crippen molar-refractivity contribution in [2.75, 3.05) is 26.7 Å². The summed E-state index contributed by atoms with van der Waals surface area (Å²) in [5.74, 6) is -0.413. The number of esters is 1. The lowest BCUT2D eigenvalue weighted by molar-refractivity contribution is -0.899. The first-order valence-electron chi connectivity index (χ1n) is 10.3. The summed E-state index contributed by atoms with van der Waals surface area (Å²) in [7, 11) is 2.15. The van der Waals surface area contributed by atoms with Crippen molar-refractivity contribution >= 4 is 45.8 Å². The summed E-state index contributed by atoms with van der Waals surface area (Å²) in [6, 6.07) is 11.0. The molecule has 1 aliphatic rings. The highest BCUT2D eigenvalue weighted by atomic mass is 35.5. The molecular formula is C23H26ClNO4S3. The average molecular weight is 512 g/mol. The lowest BCUT2D eigenvalue weighted by Crippen LogP contribution is -3.00. The van der Waals surface area contributed by atoms with Gasteiger partial charge in [0.15, 0.2) is 11.9 Å². The van der Waals surface area contributed by atoms with Crippen LogP contribution in [0.15, 0.2) is 52.5 Å². The number of hydrogen-bond donors (Lipinski definition) is 1. The predicted octanol–water partition coefficient (Wildman–Crippen LogP) is 1.54. The number of aliphatic hydroxyl groups is 1. The van der Waals surface area contributed by atoms with Gasteiger partial charge in [-0.1, -0.05) is 18.2 Å². The molecule has 0 aromatic carbocycles. The Bertz CT molecular complexity index is 970. The minimum absolute atomic E-state index is 0. The van der Waals surface area contributed by atoms with Crippen molar-refractivity contribution < 1.29 is 36.3 Å². The number of carbonyl (C=O) groups is 2. The van der Waals surface area contributed by atoms with Crippen LogP contribution < -0.4 is 12.4 Å². The Kier molecular flexibility index (Phi) is 8.30. The number of hydrogen-bond acceptors (Lipinski definition) is 7. The van der Waals surface area contributed by atoms with E-state index in [0.717, 1.165) is 35.3 Å². The van der Waals surface area contributed by atoms with E-state index in [0.29, 0.717) is 22.7 Å². The summed E-state index contributed by atoms with van der Waals surface area (Å²) in [5.41, 5.74) is -1.76. The van der Waals surface area contributed by atoms with Gasteiger partial charge in [0.05, 0.1) is 34.8 Å². The summed E-state index contributed by atoms with van der Waals surface area (Å²) >= 11 is 4.18. The van der Waals surface area contributed by atoms with Gasteiger partial charge in [0, 0.05) is 19.3 Å². The number of thiophene rings is 3. The van der Waals surface area contributed by atoms with Gasteiger partial charge in [-0.15, -0.1) is 34.0 Å². The van der Waals surface area contributed by atoms with Crippen LogP contribution in [0, 0.1) is 0 Å². The quantitative estimate of drug-likeness (QED) is 0.269. The fourth-order valence-corrected chi connectivity index (χ4v) is 6.55. The molecule has 2 atom stereocenters. The second-order valence-corrected chi connectivity index (χ2v) is 11.1. The molecule has 5 nitrogen and oxygen atoms in total. The number of nitrogens with zero attached hydrogens (tertiary/aromatic N) is 1. The van der Waals surface area contributed by atoms with Gasteiger partial charge in [0.1, 0.15) is 6.54 Å². The molecule has 4 heterocycles. The van der Waals surface area contributed by atoms with Crippen molar-refractivity contribution in [2.24, 2.45) is 0 Å². The van der Waals surface area contributed by atoms with Gasteiger partial charge < -0.3 is 26.7 Å². The first-order chi connectivity index (χ1) is 14.9. The van der Waals surface area contributed by atoms with Gasteiger partial charge in [-0.3, -0.25) is 4.79 Å². The normalized spacial score (nSPS) is 20.6. The summed E-state index contributed by atoms with van der Waals surface area (Å²) in [4.78, 5) is 27.4. The van der Waals surface area contributed by atoms with Gasteiger partial charge >= 0.3 is 5.97 Å². The first kappa shape index (κ1) is 25.1. The Hall–Kier alpha value is -1.55. The van der Waals surface area contributed by atoms with Crippen molar-refractivity contribution in [3.8, 4) is 0 Å². The summed E-state index contributed by atoms with van der Waals surface area (Å²) in [6.07, 6.45) is 1.86. The van der Waals surface area contributed by atoms with E-state index in [1.807, 2.05) is 40.4 Å². The molecule has 0 radical (unpaired) electrons. The van der Waals surface area contributed by atoms with Crippen LogP contribution in [0.4, 0.5) is 0 Å². The standard InChI is InChI=1S/C23H26NO4S3.ClH/c1-24(11-2-6-18(25)19-7-3-13-29-19)12-10-17(16-24)28-22(26)23(27,20-8-4-14-30-20)21-9-5-15-31-21;/h3-5,7-9,13-15,17,27H,2,6,10-12,16H2,1H3;1H/q+1;/p-1/t17-,24?;/m1./s1. The second-order valence-electron chi connectivity index (χ2n) is 8.23. The van der Waals surface area contributed by atoms with E-state index in [-0.39, 0.29) is 24.3 Å². The highest BCUT2D eigenvalue weighted by molar-refractivity contribution is 7.12. The van der Waals surface area contributed by atoms with Crippen LogP contribution in [-0.4, -0.2) is 54.1 Å². The van der Waals surface area contributed by atoms with Crippen molar-refractivity contribution in [2.45, 2.75) is 31.0 Å². The highest BCUT2D eigenvalue weighted by Crippen LogP contribution is 2.37. The molecule has 0 bridgehead atoms. The van der Waals surface area contributed by atoms with E-state index in [1.54, 1.807) is 12.1 Å². The smallest absolute Gasteiger partial charge is 0.349 e. The van der Waals surface area contributed by atoms with Gasteiger partial charge in [-0.2, -0.15) is 0 Å². The molecule has 3 aromatic rings. The molecule has 0 amide bonds. The zero-order valence-corrected chi connectivity index (χ0v) is 20.9.